The highest BCUT2D eigenvalue weighted by molar-refractivity contribution is 7.07. The molecule has 1 heterocycles. The number of nitrogens with one attached hydrogen (secondary N) is 2. The lowest BCUT2D eigenvalue weighted by Crippen LogP contribution is -2.43. The predicted octanol–water partition coefficient (Wildman–Crippen LogP) is 2.99. The van der Waals surface area contributed by atoms with Gasteiger partial charge in [-0.15, -0.1) is 0 Å². The molecular weight excluding hydrogens is 282 g/mol. The molecule has 0 radical (unpaired) electrons. The summed E-state index contributed by atoms with van der Waals surface area (Å²) in [5.41, 5.74) is 1.39. The van der Waals surface area contributed by atoms with Crippen molar-refractivity contribution >= 4 is 17.3 Å². The molecule has 0 spiro atoms. The molecule has 21 heavy (non-hydrogen) atoms. The molecule has 0 amide bonds. The second kappa shape index (κ2) is 9.79. The zero-order valence-corrected chi connectivity index (χ0v) is 14.3. The van der Waals surface area contributed by atoms with Crippen LogP contribution in [0.2, 0.25) is 0 Å². The van der Waals surface area contributed by atoms with E-state index in [0.29, 0.717) is 6.54 Å². The van der Waals surface area contributed by atoms with E-state index in [1.54, 1.807) is 11.3 Å². The van der Waals surface area contributed by atoms with Crippen molar-refractivity contribution in [1.82, 2.24) is 10.6 Å². The maximum atomic E-state index is 9.29. The molecule has 0 aliphatic carbocycles. The average Bonchev–Trinajstić information content (AvgIpc) is 3.02. The first-order valence-electron chi connectivity index (χ1n) is 7.83. The first kappa shape index (κ1) is 18.0. The van der Waals surface area contributed by atoms with Gasteiger partial charge < -0.3 is 15.7 Å². The molecule has 0 fully saturated rings. The van der Waals surface area contributed by atoms with Crippen molar-refractivity contribution in [2.24, 2.45) is 10.4 Å². The second-order valence-electron chi connectivity index (χ2n) is 5.36. The summed E-state index contributed by atoms with van der Waals surface area (Å²) in [7, 11) is 0. The normalized spacial score (nSPS) is 12.5. The van der Waals surface area contributed by atoms with Crippen LogP contribution in [0, 0.1) is 5.41 Å². The van der Waals surface area contributed by atoms with E-state index >= 15 is 0 Å². The number of aliphatic hydroxyl groups excluding tert-OH is 1. The Labute approximate surface area is 132 Å². The molecule has 3 N–H and O–H groups in total. The Bertz CT molecular complexity index is 400. The van der Waals surface area contributed by atoms with E-state index in [4.69, 9.17) is 0 Å². The van der Waals surface area contributed by atoms with Gasteiger partial charge in [0.1, 0.15) is 0 Å². The lowest BCUT2D eigenvalue weighted by molar-refractivity contribution is 0.169. The first-order valence-corrected chi connectivity index (χ1v) is 8.78. The van der Waals surface area contributed by atoms with Crippen LogP contribution in [-0.2, 0) is 6.54 Å². The van der Waals surface area contributed by atoms with Crippen molar-refractivity contribution < 1.29 is 5.11 Å². The van der Waals surface area contributed by atoms with Crippen molar-refractivity contribution in [3.05, 3.63) is 22.4 Å². The summed E-state index contributed by atoms with van der Waals surface area (Å²) in [6.45, 7) is 9.09. The van der Waals surface area contributed by atoms with Crippen molar-refractivity contribution in [1.29, 1.82) is 0 Å². The van der Waals surface area contributed by atoms with Crippen molar-refractivity contribution in [2.45, 2.75) is 46.6 Å². The Balaban J connectivity index is 2.62. The van der Waals surface area contributed by atoms with Gasteiger partial charge >= 0.3 is 0 Å². The molecule has 0 saturated carbocycles. The van der Waals surface area contributed by atoms with Crippen LogP contribution in [0.25, 0.3) is 0 Å². The highest BCUT2D eigenvalue weighted by Crippen LogP contribution is 2.29. The molecule has 120 valence electrons. The van der Waals surface area contributed by atoms with E-state index in [1.807, 2.05) is 0 Å². The van der Waals surface area contributed by atoms with Gasteiger partial charge in [-0.25, -0.2) is 4.99 Å². The van der Waals surface area contributed by atoms with Gasteiger partial charge in [-0.2, -0.15) is 11.3 Å². The number of hydrogen-bond donors (Lipinski definition) is 3. The van der Waals surface area contributed by atoms with Crippen molar-refractivity contribution in [3.8, 4) is 0 Å². The zero-order valence-electron chi connectivity index (χ0n) is 13.5. The zero-order chi connectivity index (χ0) is 15.6. The minimum Gasteiger partial charge on any atom is -0.396 e. The van der Waals surface area contributed by atoms with E-state index in [-0.39, 0.29) is 12.0 Å². The van der Waals surface area contributed by atoms with Crippen LogP contribution in [0.3, 0.4) is 0 Å². The minimum absolute atomic E-state index is 0.146. The Morgan fingerprint density at radius 3 is 2.57 bits per heavy atom. The lowest BCUT2D eigenvalue weighted by atomic mass is 9.79. The van der Waals surface area contributed by atoms with E-state index in [0.717, 1.165) is 38.3 Å². The van der Waals surface area contributed by atoms with Crippen LogP contribution in [0.1, 0.15) is 45.6 Å². The Morgan fingerprint density at radius 1 is 1.29 bits per heavy atom. The Hall–Kier alpha value is -1.07. The van der Waals surface area contributed by atoms with Crippen LogP contribution in [0.4, 0.5) is 0 Å². The van der Waals surface area contributed by atoms with Gasteiger partial charge in [0.15, 0.2) is 5.96 Å². The lowest BCUT2D eigenvalue weighted by Gasteiger charge is -2.32. The monoisotopic (exact) mass is 311 g/mol. The number of hydrogen-bond acceptors (Lipinski definition) is 3. The minimum atomic E-state index is 0.146. The van der Waals surface area contributed by atoms with Crippen LogP contribution in [-0.4, -0.2) is 30.8 Å². The van der Waals surface area contributed by atoms with E-state index in [1.165, 1.54) is 5.56 Å². The molecule has 1 rings (SSSR count). The van der Waals surface area contributed by atoms with Crippen LogP contribution >= 0.6 is 11.3 Å². The third-order valence-electron chi connectivity index (χ3n) is 4.12. The number of aliphatic hydroxyl groups is 1. The molecular formula is C16H29N3OS. The fourth-order valence-corrected chi connectivity index (χ4v) is 3.00. The largest absolute Gasteiger partial charge is 0.396 e. The van der Waals surface area contributed by atoms with Crippen molar-refractivity contribution in [3.63, 3.8) is 0 Å². The van der Waals surface area contributed by atoms with Crippen LogP contribution in [0.5, 0.6) is 0 Å². The molecule has 0 aromatic carbocycles. The summed E-state index contributed by atoms with van der Waals surface area (Å²) in [5, 5.41) is 20.2. The fourth-order valence-electron chi connectivity index (χ4n) is 2.35. The molecule has 5 heteroatoms. The molecule has 1 aromatic heterocycles. The number of nitrogens with zero attached hydrogens (tertiary/aromatic N) is 1. The molecule has 4 nitrogen and oxygen atoms in total. The molecule has 0 aliphatic heterocycles. The maximum absolute atomic E-state index is 9.29. The number of thiophene rings is 1. The first-order chi connectivity index (χ1) is 10.2. The van der Waals surface area contributed by atoms with Gasteiger partial charge in [0.2, 0.25) is 0 Å². The van der Waals surface area contributed by atoms with Crippen LogP contribution < -0.4 is 10.6 Å². The number of rotatable bonds is 9. The summed E-state index contributed by atoms with van der Waals surface area (Å²) in [4.78, 5) is 4.63. The summed E-state index contributed by atoms with van der Waals surface area (Å²) < 4.78 is 0. The van der Waals surface area contributed by atoms with Crippen LogP contribution in [0.15, 0.2) is 21.8 Å². The number of guanidine groups is 1. The number of aliphatic imine (C=N–C) groups is 1. The standard InChI is InChI=1S/C16H29N3OS/c1-4-16(5-2,8-9-20)13-19-15(17-6-3)18-11-14-7-10-21-12-14/h7,10,12,20H,4-6,8-9,11,13H2,1-3H3,(H2,17,18,19). The summed E-state index contributed by atoms with van der Waals surface area (Å²) in [5.74, 6) is 0.855. The molecule has 0 unspecified atom stereocenters. The molecule has 1 aromatic rings. The van der Waals surface area contributed by atoms with Gasteiger partial charge in [-0.05, 0) is 54.0 Å². The average molecular weight is 311 g/mol. The molecule has 0 aliphatic rings. The van der Waals surface area contributed by atoms with Gasteiger partial charge in [0.05, 0.1) is 6.54 Å². The van der Waals surface area contributed by atoms with Gasteiger partial charge in [-0.1, -0.05) is 13.8 Å². The van der Waals surface area contributed by atoms with E-state index in [2.05, 4.69) is 53.2 Å². The van der Waals surface area contributed by atoms with Gasteiger partial charge in [0.25, 0.3) is 0 Å². The smallest absolute Gasteiger partial charge is 0.191 e. The molecule has 0 bridgehead atoms. The Kier molecular flexibility index (Phi) is 8.38. The topological polar surface area (TPSA) is 56.7 Å². The summed E-state index contributed by atoms with van der Waals surface area (Å²) in [6.07, 6.45) is 2.94. The Morgan fingerprint density at radius 2 is 2.05 bits per heavy atom. The van der Waals surface area contributed by atoms with E-state index in [9.17, 15) is 5.11 Å². The SMILES string of the molecule is CCNC(=NCc1ccsc1)NCC(CC)(CC)CCO. The highest BCUT2D eigenvalue weighted by Gasteiger charge is 2.25. The quantitative estimate of drug-likeness (QED) is 0.485. The molecule has 0 atom stereocenters. The third-order valence-corrected chi connectivity index (χ3v) is 4.85. The maximum Gasteiger partial charge on any atom is 0.191 e. The fraction of sp³-hybridized carbons (Fsp3) is 0.688. The summed E-state index contributed by atoms with van der Waals surface area (Å²) >= 11 is 1.70. The second-order valence-corrected chi connectivity index (χ2v) is 6.14. The highest BCUT2D eigenvalue weighted by atomic mass is 32.1. The third kappa shape index (κ3) is 6.06. The predicted molar refractivity (Wildman–Crippen MR) is 91.9 cm³/mol. The molecule has 0 saturated heterocycles. The summed E-state index contributed by atoms with van der Waals surface area (Å²) in [6, 6.07) is 2.10. The van der Waals surface area contributed by atoms with Gasteiger partial charge in [-0.3, -0.25) is 0 Å². The van der Waals surface area contributed by atoms with Crippen molar-refractivity contribution in [2.75, 3.05) is 19.7 Å². The van der Waals surface area contributed by atoms with Gasteiger partial charge in [0, 0.05) is 19.7 Å². The van der Waals surface area contributed by atoms with E-state index < -0.39 is 0 Å².